The summed E-state index contributed by atoms with van der Waals surface area (Å²) < 4.78 is 4.94. The Bertz CT molecular complexity index is 860. The average Bonchev–Trinajstić information content (AvgIpc) is 2.99. The molecule has 0 aliphatic heterocycles. The first kappa shape index (κ1) is 15.7. The van der Waals surface area contributed by atoms with Gasteiger partial charge in [0.25, 0.3) is 5.91 Å². The number of nitrogens with zero attached hydrogens (tertiary/aromatic N) is 4. The third-order valence-corrected chi connectivity index (χ3v) is 3.41. The highest BCUT2D eigenvalue weighted by molar-refractivity contribution is 6.02. The minimum atomic E-state index is -0.364. The summed E-state index contributed by atoms with van der Waals surface area (Å²) in [5.41, 5.74) is 1.23. The van der Waals surface area contributed by atoms with Gasteiger partial charge in [-0.1, -0.05) is 23.4 Å². The van der Waals surface area contributed by atoms with Gasteiger partial charge in [0, 0.05) is 24.9 Å². The molecule has 3 aromatic rings. The van der Waals surface area contributed by atoms with E-state index in [2.05, 4.69) is 20.4 Å². The minimum Gasteiger partial charge on any atom is -0.360 e. The standard InChI is InChI=1S/C17H17N5O2/c1-11-9-15(21-24-11)20-17(23)14-10-16(19-12(2)18-14)22(3)13-7-5-4-6-8-13/h4-10H,1-3H3,(H,20,21,23). The summed E-state index contributed by atoms with van der Waals surface area (Å²) in [5.74, 6) is 1.75. The highest BCUT2D eigenvalue weighted by Crippen LogP contribution is 2.22. The Kier molecular flexibility index (Phi) is 4.24. The van der Waals surface area contributed by atoms with Crippen LogP contribution in [0.1, 0.15) is 22.1 Å². The van der Waals surface area contributed by atoms with E-state index in [-0.39, 0.29) is 11.6 Å². The van der Waals surface area contributed by atoms with Crippen molar-refractivity contribution in [2.75, 3.05) is 17.3 Å². The zero-order valence-electron chi connectivity index (χ0n) is 13.6. The van der Waals surface area contributed by atoms with E-state index < -0.39 is 0 Å². The molecule has 0 spiro atoms. The second-order valence-corrected chi connectivity index (χ2v) is 5.33. The van der Waals surface area contributed by atoms with E-state index in [1.54, 1.807) is 26.0 Å². The summed E-state index contributed by atoms with van der Waals surface area (Å²) in [6.07, 6.45) is 0. The number of rotatable bonds is 4. The third-order valence-electron chi connectivity index (χ3n) is 3.41. The number of anilines is 3. The van der Waals surface area contributed by atoms with Gasteiger partial charge in [0.1, 0.15) is 23.1 Å². The van der Waals surface area contributed by atoms with Crippen LogP contribution in [0.3, 0.4) is 0 Å². The molecule has 3 rings (SSSR count). The van der Waals surface area contributed by atoms with Gasteiger partial charge in [-0.15, -0.1) is 0 Å². The molecule has 2 aromatic heterocycles. The molecule has 1 aromatic carbocycles. The van der Waals surface area contributed by atoms with Crippen molar-refractivity contribution in [3.63, 3.8) is 0 Å². The second kappa shape index (κ2) is 6.49. The number of carbonyl (C=O) groups is 1. The van der Waals surface area contributed by atoms with E-state index in [0.717, 1.165) is 5.69 Å². The van der Waals surface area contributed by atoms with Crippen molar-refractivity contribution in [1.82, 2.24) is 15.1 Å². The molecule has 0 saturated carbocycles. The number of para-hydroxylation sites is 1. The lowest BCUT2D eigenvalue weighted by Crippen LogP contribution is -2.18. The van der Waals surface area contributed by atoms with E-state index in [1.807, 2.05) is 42.3 Å². The number of nitrogens with one attached hydrogen (secondary N) is 1. The first-order chi connectivity index (χ1) is 11.5. The second-order valence-electron chi connectivity index (χ2n) is 5.33. The van der Waals surface area contributed by atoms with Gasteiger partial charge in [-0.05, 0) is 26.0 Å². The average molecular weight is 323 g/mol. The van der Waals surface area contributed by atoms with Crippen molar-refractivity contribution in [3.8, 4) is 0 Å². The van der Waals surface area contributed by atoms with Crippen LogP contribution < -0.4 is 10.2 Å². The molecule has 0 aliphatic rings. The molecule has 0 unspecified atom stereocenters. The number of hydrogen-bond acceptors (Lipinski definition) is 6. The van der Waals surface area contributed by atoms with Crippen LogP contribution in [-0.2, 0) is 0 Å². The molecule has 1 N–H and O–H groups in total. The van der Waals surface area contributed by atoms with E-state index >= 15 is 0 Å². The first-order valence-electron chi connectivity index (χ1n) is 7.42. The van der Waals surface area contributed by atoms with Gasteiger partial charge < -0.3 is 14.7 Å². The monoisotopic (exact) mass is 323 g/mol. The maximum Gasteiger partial charge on any atom is 0.275 e. The Hall–Kier alpha value is -3.22. The van der Waals surface area contributed by atoms with Crippen LogP contribution in [0.2, 0.25) is 0 Å². The maximum absolute atomic E-state index is 12.4. The van der Waals surface area contributed by atoms with E-state index in [0.29, 0.717) is 23.2 Å². The number of aryl methyl sites for hydroxylation is 2. The van der Waals surface area contributed by atoms with Crippen LogP contribution in [0.25, 0.3) is 0 Å². The summed E-state index contributed by atoms with van der Waals surface area (Å²) in [4.78, 5) is 22.9. The first-order valence-corrected chi connectivity index (χ1v) is 7.42. The summed E-state index contributed by atoms with van der Waals surface area (Å²) in [7, 11) is 1.89. The molecule has 1 amide bonds. The van der Waals surface area contributed by atoms with Crippen LogP contribution in [-0.4, -0.2) is 28.1 Å². The Morgan fingerprint density at radius 2 is 1.88 bits per heavy atom. The van der Waals surface area contributed by atoms with Crippen molar-refractivity contribution in [2.24, 2.45) is 0 Å². The van der Waals surface area contributed by atoms with Crippen LogP contribution in [0.5, 0.6) is 0 Å². The zero-order valence-corrected chi connectivity index (χ0v) is 13.6. The largest absolute Gasteiger partial charge is 0.360 e. The molecule has 0 saturated heterocycles. The Morgan fingerprint density at radius 3 is 2.54 bits per heavy atom. The van der Waals surface area contributed by atoms with Crippen molar-refractivity contribution in [3.05, 3.63) is 59.7 Å². The van der Waals surface area contributed by atoms with Crippen molar-refractivity contribution in [1.29, 1.82) is 0 Å². The fourth-order valence-corrected chi connectivity index (χ4v) is 2.23. The summed E-state index contributed by atoms with van der Waals surface area (Å²) in [6.45, 7) is 3.50. The number of amides is 1. The van der Waals surface area contributed by atoms with Crippen molar-refractivity contribution < 1.29 is 9.32 Å². The molecule has 122 valence electrons. The molecule has 0 radical (unpaired) electrons. The van der Waals surface area contributed by atoms with Gasteiger partial charge in [0.15, 0.2) is 5.82 Å². The lowest BCUT2D eigenvalue weighted by atomic mass is 10.3. The maximum atomic E-state index is 12.4. The molecule has 0 bridgehead atoms. The molecule has 24 heavy (non-hydrogen) atoms. The molecule has 2 heterocycles. The fourth-order valence-electron chi connectivity index (χ4n) is 2.23. The van der Waals surface area contributed by atoms with Crippen molar-refractivity contribution >= 4 is 23.2 Å². The van der Waals surface area contributed by atoms with Gasteiger partial charge in [-0.2, -0.15) is 0 Å². The SMILES string of the molecule is Cc1nc(C(=O)Nc2cc(C)on2)cc(N(C)c2ccccc2)n1. The van der Waals surface area contributed by atoms with Crippen LogP contribution >= 0.6 is 0 Å². The summed E-state index contributed by atoms with van der Waals surface area (Å²) >= 11 is 0. The minimum absolute atomic E-state index is 0.265. The van der Waals surface area contributed by atoms with E-state index in [4.69, 9.17) is 4.52 Å². The molecular formula is C17H17N5O2. The van der Waals surface area contributed by atoms with Crippen LogP contribution in [0.4, 0.5) is 17.3 Å². The van der Waals surface area contributed by atoms with Gasteiger partial charge in [-0.25, -0.2) is 9.97 Å². The molecule has 0 atom stereocenters. The van der Waals surface area contributed by atoms with E-state index in [9.17, 15) is 4.79 Å². The molecule has 7 heteroatoms. The lowest BCUT2D eigenvalue weighted by Gasteiger charge is -2.19. The normalized spacial score (nSPS) is 10.5. The molecular weight excluding hydrogens is 306 g/mol. The predicted molar refractivity (Wildman–Crippen MR) is 90.5 cm³/mol. The molecule has 7 nitrogen and oxygen atoms in total. The van der Waals surface area contributed by atoms with Crippen LogP contribution in [0, 0.1) is 13.8 Å². The molecule has 0 fully saturated rings. The smallest absolute Gasteiger partial charge is 0.275 e. The zero-order chi connectivity index (χ0) is 17.1. The number of carbonyl (C=O) groups excluding carboxylic acids is 1. The van der Waals surface area contributed by atoms with Gasteiger partial charge in [0.2, 0.25) is 0 Å². The molecule has 0 aliphatic carbocycles. The lowest BCUT2D eigenvalue weighted by molar-refractivity contribution is 0.102. The number of hydrogen-bond donors (Lipinski definition) is 1. The number of aromatic nitrogens is 3. The predicted octanol–water partition coefficient (Wildman–Crippen LogP) is 3.10. The quantitative estimate of drug-likeness (QED) is 0.794. The third kappa shape index (κ3) is 3.40. The topological polar surface area (TPSA) is 84.2 Å². The fraction of sp³-hybridized carbons (Fsp3) is 0.176. The van der Waals surface area contributed by atoms with Crippen LogP contribution in [0.15, 0.2) is 47.0 Å². The Balaban J connectivity index is 1.87. The number of benzene rings is 1. The van der Waals surface area contributed by atoms with E-state index in [1.165, 1.54) is 0 Å². The van der Waals surface area contributed by atoms with Gasteiger partial charge >= 0.3 is 0 Å². The summed E-state index contributed by atoms with van der Waals surface area (Å²) in [6, 6.07) is 13.1. The highest BCUT2D eigenvalue weighted by Gasteiger charge is 2.15. The van der Waals surface area contributed by atoms with Gasteiger partial charge in [0.05, 0.1) is 0 Å². The summed E-state index contributed by atoms with van der Waals surface area (Å²) in [5, 5.41) is 6.41. The van der Waals surface area contributed by atoms with Crippen molar-refractivity contribution in [2.45, 2.75) is 13.8 Å². The Labute approximate surface area is 139 Å². The van der Waals surface area contributed by atoms with Gasteiger partial charge in [-0.3, -0.25) is 4.79 Å². The highest BCUT2D eigenvalue weighted by atomic mass is 16.5. The Morgan fingerprint density at radius 1 is 1.12 bits per heavy atom.